The van der Waals surface area contributed by atoms with E-state index in [2.05, 4.69) is 10.3 Å². The first-order chi connectivity index (χ1) is 10.8. The standard InChI is InChI=1S/C18H22N2O2/c21-11-13-3-4-14-15(5-8-19-16(14)10-13)20-12-18-6-1-2-17(18)22-9-7-18/h3-5,8,10,17,21H,1-2,6-7,9,11-12H2,(H,19,20)/t17-,18-/m1/s1. The van der Waals surface area contributed by atoms with Crippen molar-refractivity contribution in [1.82, 2.24) is 4.98 Å². The summed E-state index contributed by atoms with van der Waals surface area (Å²) in [5.74, 6) is 0. The van der Waals surface area contributed by atoms with Crippen molar-refractivity contribution in [3.63, 3.8) is 0 Å². The molecule has 0 bridgehead atoms. The van der Waals surface area contributed by atoms with Gasteiger partial charge in [0, 0.05) is 35.8 Å². The van der Waals surface area contributed by atoms with Crippen LogP contribution in [0.5, 0.6) is 0 Å². The first-order valence-corrected chi connectivity index (χ1v) is 8.15. The van der Waals surface area contributed by atoms with Gasteiger partial charge in [-0.25, -0.2) is 0 Å². The van der Waals surface area contributed by atoms with Crippen LogP contribution in [0.3, 0.4) is 0 Å². The first kappa shape index (κ1) is 14.0. The van der Waals surface area contributed by atoms with E-state index >= 15 is 0 Å². The molecule has 2 aromatic rings. The zero-order chi connectivity index (χ0) is 15.0. The Kier molecular flexibility index (Phi) is 3.51. The van der Waals surface area contributed by atoms with Gasteiger partial charge in [0.2, 0.25) is 0 Å². The van der Waals surface area contributed by atoms with Gasteiger partial charge in [0.05, 0.1) is 18.2 Å². The number of pyridine rings is 1. The maximum atomic E-state index is 9.26. The molecule has 2 N–H and O–H groups in total. The van der Waals surface area contributed by atoms with Gasteiger partial charge >= 0.3 is 0 Å². The molecule has 1 aliphatic carbocycles. The third-order valence-electron chi connectivity index (χ3n) is 5.36. The lowest BCUT2D eigenvalue weighted by atomic mass is 9.82. The maximum Gasteiger partial charge on any atom is 0.0726 e. The summed E-state index contributed by atoms with van der Waals surface area (Å²) in [4.78, 5) is 4.42. The lowest BCUT2D eigenvalue weighted by molar-refractivity contribution is 0.0750. The molecule has 1 saturated heterocycles. The molecule has 1 aromatic heterocycles. The molecule has 2 fully saturated rings. The second-order valence-corrected chi connectivity index (χ2v) is 6.59. The zero-order valence-electron chi connectivity index (χ0n) is 12.7. The second-order valence-electron chi connectivity index (χ2n) is 6.59. The fraction of sp³-hybridized carbons (Fsp3) is 0.500. The molecule has 4 rings (SSSR count). The lowest BCUT2D eigenvalue weighted by Gasteiger charge is -2.28. The normalized spacial score (nSPS) is 27.2. The van der Waals surface area contributed by atoms with E-state index in [-0.39, 0.29) is 6.61 Å². The number of benzene rings is 1. The Morgan fingerprint density at radius 1 is 1.32 bits per heavy atom. The number of nitrogens with one attached hydrogen (secondary N) is 1. The van der Waals surface area contributed by atoms with Crippen molar-refractivity contribution >= 4 is 16.6 Å². The van der Waals surface area contributed by atoms with Crippen LogP contribution in [0.25, 0.3) is 10.9 Å². The van der Waals surface area contributed by atoms with Gasteiger partial charge in [-0.1, -0.05) is 18.6 Å². The average Bonchev–Trinajstić information content (AvgIpc) is 3.12. The van der Waals surface area contributed by atoms with E-state index < -0.39 is 0 Å². The van der Waals surface area contributed by atoms with E-state index in [0.717, 1.165) is 35.3 Å². The van der Waals surface area contributed by atoms with Crippen molar-refractivity contribution in [2.24, 2.45) is 5.41 Å². The van der Waals surface area contributed by atoms with Gasteiger partial charge in [-0.2, -0.15) is 0 Å². The molecular weight excluding hydrogens is 276 g/mol. The molecule has 1 aliphatic heterocycles. The SMILES string of the molecule is OCc1ccc2c(NC[C@]34CCC[C@H]3OCC4)ccnc2c1. The van der Waals surface area contributed by atoms with Crippen molar-refractivity contribution in [3.8, 4) is 0 Å². The predicted octanol–water partition coefficient (Wildman–Crippen LogP) is 3.10. The number of aliphatic hydroxyl groups is 1. The number of hydrogen-bond acceptors (Lipinski definition) is 4. The highest BCUT2D eigenvalue weighted by molar-refractivity contribution is 5.91. The predicted molar refractivity (Wildman–Crippen MR) is 86.8 cm³/mol. The van der Waals surface area contributed by atoms with Crippen LogP contribution in [-0.2, 0) is 11.3 Å². The van der Waals surface area contributed by atoms with Crippen LogP contribution in [0.1, 0.15) is 31.2 Å². The first-order valence-electron chi connectivity index (χ1n) is 8.15. The largest absolute Gasteiger partial charge is 0.392 e. The highest BCUT2D eigenvalue weighted by Gasteiger charge is 2.47. The van der Waals surface area contributed by atoms with Crippen LogP contribution in [0, 0.1) is 5.41 Å². The lowest BCUT2D eigenvalue weighted by Crippen LogP contribution is -2.33. The van der Waals surface area contributed by atoms with Gasteiger partial charge in [-0.3, -0.25) is 4.98 Å². The molecule has 2 aliphatic rings. The number of hydrogen-bond donors (Lipinski definition) is 2. The summed E-state index contributed by atoms with van der Waals surface area (Å²) in [5.41, 5.74) is 3.28. The molecular formula is C18H22N2O2. The van der Waals surface area contributed by atoms with Gasteiger partial charge in [0.15, 0.2) is 0 Å². The summed E-state index contributed by atoms with van der Waals surface area (Å²) >= 11 is 0. The Balaban J connectivity index is 1.59. The molecule has 1 aromatic carbocycles. The Labute approximate surface area is 130 Å². The van der Waals surface area contributed by atoms with Crippen molar-refractivity contribution in [2.45, 2.75) is 38.4 Å². The Bertz CT molecular complexity index is 676. The summed E-state index contributed by atoms with van der Waals surface area (Å²) in [7, 11) is 0. The molecule has 116 valence electrons. The third-order valence-corrected chi connectivity index (χ3v) is 5.36. The molecule has 22 heavy (non-hydrogen) atoms. The average molecular weight is 298 g/mol. The van der Waals surface area contributed by atoms with E-state index in [4.69, 9.17) is 4.74 Å². The minimum atomic E-state index is 0.0530. The summed E-state index contributed by atoms with van der Waals surface area (Å²) in [6.45, 7) is 1.93. The van der Waals surface area contributed by atoms with E-state index in [1.807, 2.05) is 30.5 Å². The van der Waals surface area contributed by atoms with Crippen LogP contribution in [0.15, 0.2) is 30.5 Å². The van der Waals surface area contributed by atoms with Crippen LogP contribution in [0.2, 0.25) is 0 Å². The van der Waals surface area contributed by atoms with E-state index in [1.165, 1.54) is 25.7 Å². The van der Waals surface area contributed by atoms with Crippen LogP contribution >= 0.6 is 0 Å². The molecule has 4 nitrogen and oxygen atoms in total. The Morgan fingerprint density at radius 2 is 2.27 bits per heavy atom. The number of nitrogens with zero attached hydrogens (tertiary/aromatic N) is 1. The summed E-state index contributed by atoms with van der Waals surface area (Å²) in [6.07, 6.45) is 7.20. The second kappa shape index (κ2) is 5.52. The number of aromatic nitrogens is 1. The van der Waals surface area contributed by atoms with Gasteiger partial charge in [-0.15, -0.1) is 0 Å². The Hall–Kier alpha value is -1.65. The summed E-state index contributed by atoms with van der Waals surface area (Å²) in [6, 6.07) is 8.00. The van der Waals surface area contributed by atoms with Crippen LogP contribution in [-0.4, -0.2) is 29.3 Å². The van der Waals surface area contributed by atoms with Crippen molar-refractivity contribution in [2.75, 3.05) is 18.5 Å². The Morgan fingerprint density at radius 3 is 3.18 bits per heavy atom. The molecule has 0 spiro atoms. The molecule has 0 unspecified atom stereocenters. The van der Waals surface area contributed by atoms with Gasteiger partial charge in [-0.05, 0) is 37.0 Å². The quantitative estimate of drug-likeness (QED) is 0.910. The van der Waals surface area contributed by atoms with Crippen LogP contribution in [0.4, 0.5) is 5.69 Å². The van der Waals surface area contributed by atoms with Gasteiger partial charge < -0.3 is 15.2 Å². The highest BCUT2D eigenvalue weighted by atomic mass is 16.5. The van der Waals surface area contributed by atoms with Crippen molar-refractivity contribution < 1.29 is 9.84 Å². The van der Waals surface area contributed by atoms with Crippen molar-refractivity contribution in [1.29, 1.82) is 0 Å². The highest BCUT2D eigenvalue weighted by Crippen LogP contribution is 2.47. The van der Waals surface area contributed by atoms with Gasteiger partial charge in [0.25, 0.3) is 0 Å². The van der Waals surface area contributed by atoms with Gasteiger partial charge in [0.1, 0.15) is 0 Å². The van der Waals surface area contributed by atoms with E-state index in [9.17, 15) is 5.11 Å². The van der Waals surface area contributed by atoms with Crippen LogP contribution < -0.4 is 5.32 Å². The zero-order valence-corrected chi connectivity index (χ0v) is 12.7. The smallest absolute Gasteiger partial charge is 0.0726 e. The molecule has 2 heterocycles. The number of aliphatic hydroxyl groups excluding tert-OH is 1. The molecule has 0 radical (unpaired) electrons. The fourth-order valence-corrected chi connectivity index (χ4v) is 4.07. The minimum absolute atomic E-state index is 0.0530. The van der Waals surface area contributed by atoms with E-state index in [0.29, 0.717) is 11.5 Å². The number of anilines is 1. The molecule has 1 saturated carbocycles. The number of ether oxygens (including phenoxy) is 1. The molecule has 2 atom stereocenters. The van der Waals surface area contributed by atoms with Crippen molar-refractivity contribution in [3.05, 3.63) is 36.0 Å². The topological polar surface area (TPSA) is 54.4 Å². The maximum absolute atomic E-state index is 9.26. The number of fused-ring (bicyclic) bond motifs is 2. The molecule has 0 amide bonds. The minimum Gasteiger partial charge on any atom is -0.392 e. The third kappa shape index (κ3) is 2.27. The molecule has 4 heteroatoms. The monoisotopic (exact) mass is 298 g/mol. The summed E-state index contributed by atoms with van der Waals surface area (Å²) < 4.78 is 5.91. The fourth-order valence-electron chi connectivity index (χ4n) is 4.07. The number of rotatable bonds is 4. The summed E-state index contributed by atoms with van der Waals surface area (Å²) in [5, 5.41) is 14.0. The van der Waals surface area contributed by atoms with E-state index in [1.54, 1.807) is 0 Å².